The Morgan fingerprint density at radius 1 is 1.19 bits per heavy atom. The monoisotopic (exact) mass is 359 g/mol. The molecule has 8 nitrogen and oxygen atoms in total. The number of nitrogens with zero attached hydrogens (tertiary/aromatic N) is 2. The summed E-state index contributed by atoms with van der Waals surface area (Å²) >= 11 is 0. The Bertz CT molecular complexity index is 885. The highest BCUT2D eigenvalue weighted by molar-refractivity contribution is 5.95. The van der Waals surface area contributed by atoms with Gasteiger partial charge in [0.2, 0.25) is 0 Å². The fourth-order valence-corrected chi connectivity index (χ4v) is 2.27. The number of nitro benzene ring substituents is 1. The maximum absolute atomic E-state index is 13.7. The van der Waals surface area contributed by atoms with Crippen molar-refractivity contribution in [2.75, 3.05) is 13.2 Å². The van der Waals surface area contributed by atoms with E-state index in [0.717, 1.165) is 30.8 Å². The molecule has 9 heteroatoms. The average Bonchev–Trinajstić information content (AvgIpc) is 2.87. The second-order valence-corrected chi connectivity index (χ2v) is 5.37. The van der Waals surface area contributed by atoms with Crippen LogP contribution in [0.25, 0.3) is 0 Å². The van der Waals surface area contributed by atoms with Crippen LogP contribution in [0.2, 0.25) is 0 Å². The van der Waals surface area contributed by atoms with Crippen LogP contribution in [0.4, 0.5) is 10.1 Å². The molecule has 0 saturated carbocycles. The maximum atomic E-state index is 13.7. The van der Waals surface area contributed by atoms with Crippen LogP contribution in [0, 0.1) is 15.9 Å². The molecule has 3 rings (SSSR count). The normalized spacial score (nSPS) is 13.3. The number of halogens is 1. The number of ether oxygens (including phenoxy) is 2. The van der Waals surface area contributed by atoms with Crippen molar-refractivity contribution in [3.8, 4) is 11.5 Å². The Morgan fingerprint density at radius 3 is 2.73 bits per heavy atom. The predicted octanol–water partition coefficient (Wildman–Crippen LogP) is 2.66. The number of carbonyl (C=O) groups is 1. The number of benzene rings is 2. The number of nitrogens with one attached hydrogen (secondary N) is 1. The number of nitro groups is 1. The fraction of sp³-hybridized carbons (Fsp3) is 0.176. The second kappa shape index (κ2) is 7.60. The number of non-ortho nitro benzene ring substituents is 1. The molecule has 0 bridgehead atoms. The van der Waals surface area contributed by atoms with Crippen molar-refractivity contribution >= 4 is 17.8 Å². The van der Waals surface area contributed by atoms with Crippen LogP contribution in [0.15, 0.2) is 41.5 Å². The highest BCUT2D eigenvalue weighted by atomic mass is 19.1. The molecule has 0 radical (unpaired) electrons. The Morgan fingerprint density at radius 2 is 1.96 bits per heavy atom. The van der Waals surface area contributed by atoms with Gasteiger partial charge in [0.15, 0.2) is 11.5 Å². The summed E-state index contributed by atoms with van der Waals surface area (Å²) in [5, 5.41) is 14.4. The summed E-state index contributed by atoms with van der Waals surface area (Å²) in [6, 6.07) is 7.73. The molecule has 26 heavy (non-hydrogen) atoms. The van der Waals surface area contributed by atoms with E-state index in [-0.39, 0.29) is 16.8 Å². The first-order valence-electron chi connectivity index (χ1n) is 7.71. The van der Waals surface area contributed by atoms with Crippen LogP contribution in [-0.4, -0.2) is 30.3 Å². The topological polar surface area (TPSA) is 103 Å². The molecule has 0 fully saturated rings. The molecular formula is C17H14FN3O5. The summed E-state index contributed by atoms with van der Waals surface area (Å²) in [6.45, 7) is 1.03. The number of carbonyl (C=O) groups excluding carboxylic acids is 1. The van der Waals surface area contributed by atoms with Gasteiger partial charge in [-0.05, 0) is 24.3 Å². The summed E-state index contributed by atoms with van der Waals surface area (Å²) in [7, 11) is 0. The molecule has 0 aliphatic carbocycles. The molecule has 2 aromatic carbocycles. The predicted molar refractivity (Wildman–Crippen MR) is 90.2 cm³/mol. The first kappa shape index (κ1) is 17.3. The maximum Gasteiger partial charge on any atom is 0.271 e. The van der Waals surface area contributed by atoms with Crippen molar-refractivity contribution in [2.45, 2.75) is 6.42 Å². The lowest BCUT2D eigenvalue weighted by Gasteiger charge is -2.08. The molecule has 0 unspecified atom stereocenters. The number of hydrogen-bond acceptors (Lipinski definition) is 6. The number of hydrogen-bond donors (Lipinski definition) is 1. The van der Waals surface area contributed by atoms with Crippen molar-refractivity contribution in [3.05, 3.63) is 63.5 Å². The molecule has 1 N–H and O–H groups in total. The van der Waals surface area contributed by atoms with E-state index in [4.69, 9.17) is 9.47 Å². The van der Waals surface area contributed by atoms with E-state index >= 15 is 0 Å². The molecule has 2 aromatic rings. The molecule has 1 aliphatic rings. The molecule has 0 aromatic heterocycles. The SMILES string of the molecule is O=C(N/N=C/c1cc([N+](=O)[O-])ccc1F)c1ccc2c(c1)OCCCO2. The molecular weight excluding hydrogens is 345 g/mol. The smallest absolute Gasteiger partial charge is 0.271 e. The lowest BCUT2D eigenvalue weighted by atomic mass is 10.2. The second-order valence-electron chi connectivity index (χ2n) is 5.37. The van der Waals surface area contributed by atoms with Crippen LogP contribution in [-0.2, 0) is 0 Å². The molecule has 0 saturated heterocycles. The first-order valence-corrected chi connectivity index (χ1v) is 7.71. The standard InChI is InChI=1S/C17H14FN3O5/c18-14-4-3-13(21(23)24)8-12(14)10-19-20-17(22)11-2-5-15-16(9-11)26-7-1-6-25-15/h2-5,8-10H,1,6-7H2,(H,20,22)/b19-10+. The van der Waals surface area contributed by atoms with E-state index in [1.54, 1.807) is 12.1 Å². The third-order valence-corrected chi connectivity index (χ3v) is 3.57. The van der Waals surface area contributed by atoms with Crippen molar-refractivity contribution < 1.29 is 23.6 Å². The van der Waals surface area contributed by atoms with Crippen molar-refractivity contribution in [1.82, 2.24) is 5.43 Å². The van der Waals surface area contributed by atoms with E-state index in [9.17, 15) is 19.3 Å². The molecule has 0 spiro atoms. The van der Waals surface area contributed by atoms with Gasteiger partial charge in [-0.3, -0.25) is 14.9 Å². The third-order valence-electron chi connectivity index (χ3n) is 3.57. The van der Waals surface area contributed by atoms with E-state index in [1.807, 2.05) is 0 Å². The van der Waals surface area contributed by atoms with E-state index in [2.05, 4.69) is 10.5 Å². The first-order chi connectivity index (χ1) is 12.5. The van der Waals surface area contributed by atoms with E-state index in [1.165, 1.54) is 6.07 Å². The summed E-state index contributed by atoms with van der Waals surface area (Å²) in [5.74, 6) is -0.211. The van der Waals surface area contributed by atoms with Crippen LogP contribution in [0.1, 0.15) is 22.3 Å². The Kier molecular flexibility index (Phi) is 5.07. The largest absolute Gasteiger partial charge is 0.490 e. The minimum Gasteiger partial charge on any atom is -0.490 e. The number of hydrazone groups is 1. The van der Waals surface area contributed by atoms with Crippen LogP contribution >= 0.6 is 0 Å². The number of amides is 1. The highest BCUT2D eigenvalue weighted by Gasteiger charge is 2.14. The average molecular weight is 359 g/mol. The minimum absolute atomic E-state index is 0.113. The summed E-state index contributed by atoms with van der Waals surface area (Å²) in [4.78, 5) is 22.2. The van der Waals surface area contributed by atoms with E-state index < -0.39 is 16.6 Å². The van der Waals surface area contributed by atoms with Gasteiger partial charge in [-0.2, -0.15) is 5.10 Å². The van der Waals surface area contributed by atoms with Gasteiger partial charge in [0.05, 0.1) is 24.4 Å². The van der Waals surface area contributed by atoms with Crippen molar-refractivity contribution in [2.24, 2.45) is 5.10 Å². The minimum atomic E-state index is -0.691. The third kappa shape index (κ3) is 3.94. The highest BCUT2D eigenvalue weighted by Crippen LogP contribution is 2.30. The van der Waals surface area contributed by atoms with Crippen LogP contribution in [0.5, 0.6) is 11.5 Å². The zero-order chi connectivity index (χ0) is 18.5. The molecule has 1 amide bonds. The van der Waals surface area contributed by atoms with Gasteiger partial charge in [0.25, 0.3) is 11.6 Å². The zero-order valence-corrected chi connectivity index (χ0v) is 13.5. The van der Waals surface area contributed by atoms with Gasteiger partial charge in [-0.25, -0.2) is 9.82 Å². The van der Waals surface area contributed by atoms with Crippen LogP contribution in [0.3, 0.4) is 0 Å². The van der Waals surface area contributed by atoms with Crippen molar-refractivity contribution in [3.63, 3.8) is 0 Å². The van der Waals surface area contributed by atoms with E-state index in [0.29, 0.717) is 24.7 Å². The lowest BCUT2D eigenvalue weighted by Crippen LogP contribution is -2.17. The Labute approximate surface area is 147 Å². The number of fused-ring (bicyclic) bond motifs is 1. The van der Waals surface area contributed by atoms with Gasteiger partial charge in [0, 0.05) is 29.7 Å². The summed E-state index contributed by atoms with van der Waals surface area (Å²) in [6.07, 6.45) is 1.75. The zero-order valence-electron chi connectivity index (χ0n) is 13.5. The number of rotatable bonds is 4. The molecule has 1 heterocycles. The molecule has 134 valence electrons. The van der Waals surface area contributed by atoms with Gasteiger partial charge in [-0.1, -0.05) is 0 Å². The Balaban J connectivity index is 1.71. The quantitative estimate of drug-likeness (QED) is 0.513. The van der Waals surface area contributed by atoms with Crippen LogP contribution < -0.4 is 14.9 Å². The van der Waals surface area contributed by atoms with Gasteiger partial charge in [0.1, 0.15) is 5.82 Å². The lowest BCUT2D eigenvalue weighted by molar-refractivity contribution is -0.384. The van der Waals surface area contributed by atoms with Gasteiger partial charge >= 0.3 is 0 Å². The van der Waals surface area contributed by atoms with Gasteiger partial charge < -0.3 is 9.47 Å². The molecule has 0 atom stereocenters. The summed E-state index contributed by atoms with van der Waals surface area (Å²) in [5.41, 5.74) is 2.14. The van der Waals surface area contributed by atoms with Crippen molar-refractivity contribution in [1.29, 1.82) is 0 Å². The fourth-order valence-electron chi connectivity index (χ4n) is 2.27. The van der Waals surface area contributed by atoms with Gasteiger partial charge in [-0.15, -0.1) is 0 Å². The molecule has 1 aliphatic heterocycles. The Hall–Kier alpha value is -3.49. The summed E-state index contributed by atoms with van der Waals surface area (Å²) < 4.78 is 24.6.